The van der Waals surface area contributed by atoms with E-state index in [1.54, 1.807) is 34.4 Å². The number of aromatic hydroxyl groups is 1. The van der Waals surface area contributed by atoms with E-state index in [4.69, 9.17) is 14.2 Å². The lowest BCUT2D eigenvalue weighted by Gasteiger charge is -2.37. The van der Waals surface area contributed by atoms with Crippen LogP contribution in [0.4, 0.5) is 5.69 Å². The molecule has 0 saturated carbocycles. The van der Waals surface area contributed by atoms with E-state index in [1.807, 2.05) is 30.3 Å². The molecule has 2 aromatic carbocycles. The number of phenolic OH excluding ortho intramolecular Hbond substituents is 1. The molecule has 1 aliphatic heterocycles. The Bertz CT molecular complexity index is 870. The highest BCUT2D eigenvalue weighted by Gasteiger charge is 2.21. The standard InChI is InChI=1S/C23H32N4O4/c1-24-23(27-13-11-26(12-14-27)19-7-5-6-8-20(19)28)25-10-9-18-21(30-3)15-17(29-2)16-22(18)31-4/h5-8,15-16,28H,9-14H2,1-4H3,(H,24,25). The van der Waals surface area contributed by atoms with Crippen LogP contribution in [0.3, 0.4) is 0 Å². The van der Waals surface area contributed by atoms with Gasteiger partial charge in [0.05, 0.1) is 27.0 Å². The quantitative estimate of drug-likeness (QED) is 0.518. The van der Waals surface area contributed by atoms with E-state index in [2.05, 4.69) is 20.1 Å². The van der Waals surface area contributed by atoms with Gasteiger partial charge in [-0.15, -0.1) is 0 Å². The van der Waals surface area contributed by atoms with Crippen molar-refractivity contribution >= 4 is 11.6 Å². The maximum Gasteiger partial charge on any atom is 0.193 e. The number of hydrogen-bond donors (Lipinski definition) is 2. The van der Waals surface area contributed by atoms with Crippen molar-refractivity contribution in [3.63, 3.8) is 0 Å². The molecule has 2 N–H and O–H groups in total. The van der Waals surface area contributed by atoms with Crippen LogP contribution in [0.2, 0.25) is 0 Å². The Hall–Kier alpha value is -3.29. The molecular weight excluding hydrogens is 396 g/mol. The lowest BCUT2D eigenvalue weighted by molar-refractivity contribution is 0.364. The zero-order valence-electron chi connectivity index (χ0n) is 18.7. The number of guanidine groups is 1. The van der Waals surface area contributed by atoms with Crippen molar-refractivity contribution in [3.8, 4) is 23.0 Å². The number of ether oxygens (including phenoxy) is 3. The molecule has 0 amide bonds. The summed E-state index contributed by atoms with van der Waals surface area (Å²) in [7, 11) is 6.72. The third-order valence-electron chi connectivity index (χ3n) is 5.49. The second kappa shape index (κ2) is 10.7. The van der Waals surface area contributed by atoms with Crippen LogP contribution in [0.1, 0.15) is 5.56 Å². The first kappa shape index (κ1) is 22.4. The van der Waals surface area contributed by atoms with Gasteiger partial charge in [0.15, 0.2) is 5.96 Å². The number of anilines is 1. The third kappa shape index (κ3) is 5.25. The summed E-state index contributed by atoms with van der Waals surface area (Å²) in [5.74, 6) is 3.36. The molecule has 31 heavy (non-hydrogen) atoms. The monoisotopic (exact) mass is 428 g/mol. The van der Waals surface area contributed by atoms with Gasteiger partial charge in [-0.3, -0.25) is 4.99 Å². The second-order valence-electron chi connectivity index (χ2n) is 7.20. The minimum Gasteiger partial charge on any atom is -0.506 e. The molecule has 0 spiro atoms. The van der Waals surface area contributed by atoms with Crippen molar-refractivity contribution < 1.29 is 19.3 Å². The highest BCUT2D eigenvalue weighted by molar-refractivity contribution is 5.80. The summed E-state index contributed by atoms with van der Waals surface area (Å²) >= 11 is 0. The summed E-state index contributed by atoms with van der Waals surface area (Å²) in [6, 6.07) is 11.2. The number of piperazine rings is 1. The average Bonchev–Trinajstić information content (AvgIpc) is 2.82. The van der Waals surface area contributed by atoms with Crippen molar-refractivity contribution in [3.05, 3.63) is 42.0 Å². The first-order chi connectivity index (χ1) is 15.1. The molecule has 1 saturated heterocycles. The van der Waals surface area contributed by atoms with Crippen molar-refractivity contribution in [2.24, 2.45) is 4.99 Å². The highest BCUT2D eigenvalue weighted by atomic mass is 16.5. The summed E-state index contributed by atoms with van der Waals surface area (Å²) in [4.78, 5) is 8.89. The smallest absolute Gasteiger partial charge is 0.193 e. The Kier molecular flexibility index (Phi) is 7.70. The fraction of sp³-hybridized carbons (Fsp3) is 0.435. The summed E-state index contributed by atoms with van der Waals surface area (Å²) in [5, 5.41) is 13.6. The molecule has 0 radical (unpaired) electrons. The number of hydrogen-bond acceptors (Lipinski definition) is 6. The van der Waals surface area contributed by atoms with Gasteiger partial charge in [0, 0.05) is 57.5 Å². The molecule has 0 atom stereocenters. The van der Waals surface area contributed by atoms with Crippen LogP contribution in [-0.4, -0.2) is 77.1 Å². The molecular formula is C23H32N4O4. The zero-order chi connectivity index (χ0) is 22.2. The fourth-order valence-electron chi connectivity index (χ4n) is 3.85. The van der Waals surface area contributed by atoms with Gasteiger partial charge in [0.25, 0.3) is 0 Å². The predicted octanol–water partition coefficient (Wildman–Crippen LogP) is 2.36. The Morgan fingerprint density at radius 1 is 1.00 bits per heavy atom. The summed E-state index contributed by atoms with van der Waals surface area (Å²) < 4.78 is 16.4. The maximum atomic E-state index is 10.1. The Morgan fingerprint density at radius 2 is 1.65 bits per heavy atom. The number of benzene rings is 2. The van der Waals surface area contributed by atoms with Crippen LogP contribution in [0.25, 0.3) is 0 Å². The molecule has 0 unspecified atom stereocenters. The number of methoxy groups -OCH3 is 3. The SMILES string of the molecule is CN=C(NCCc1c(OC)cc(OC)cc1OC)N1CCN(c2ccccc2O)CC1. The van der Waals surface area contributed by atoms with Crippen LogP contribution in [0, 0.1) is 0 Å². The normalized spacial score (nSPS) is 14.4. The van der Waals surface area contributed by atoms with Crippen LogP contribution in [0.5, 0.6) is 23.0 Å². The number of phenols is 1. The topological polar surface area (TPSA) is 78.8 Å². The zero-order valence-corrected chi connectivity index (χ0v) is 18.7. The Balaban J connectivity index is 1.58. The number of para-hydroxylation sites is 2. The molecule has 8 heteroatoms. The largest absolute Gasteiger partial charge is 0.506 e. The summed E-state index contributed by atoms with van der Waals surface area (Å²) in [6.45, 7) is 3.97. The van der Waals surface area contributed by atoms with E-state index in [1.165, 1.54) is 0 Å². The fourth-order valence-corrected chi connectivity index (χ4v) is 3.85. The lowest BCUT2D eigenvalue weighted by atomic mass is 10.1. The van der Waals surface area contributed by atoms with Gasteiger partial charge in [-0.25, -0.2) is 0 Å². The van der Waals surface area contributed by atoms with Crippen molar-refractivity contribution in [2.75, 3.05) is 66.0 Å². The van der Waals surface area contributed by atoms with E-state index >= 15 is 0 Å². The van der Waals surface area contributed by atoms with Gasteiger partial charge < -0.3 is 34.4 Å². The molecule has 8 nitrogen and oxygen atoms in total. The van der Waals surface area contributed by atoms with Crippen LogP contribution < -0.4 is 24.4 Å². The number of nitrogens with one attached hydrogen (secondary N) is 1. The highest BCUT2D eigenvalue weighted by Crippen LogP contribution is 2.34. The molecule has 0 bridgehead atoms. The number of aliphatic imine (C=N–C) groups is 1. The minimum atomic E-state index is 0.320. The number of rotatable bonds is 7. The first-order valence-electron chi connectivity index (χ1n) is 10.4. The minimum absolute atomic E-state index is 0.320. The van der Waals surface area contributed by atoms with Gasteiger partial charge in [-0.1, -0.05) is 12.1 Å². The van der Waals surface area contributed by atoms with Gasteiger partial charge in [-0.2, -0.15) is 0 Å². The van der Waals surface area contributed by atoms with E-state index in [0.717, 1.165) is 54.9 Å². The lowest BCUT2D eigenvalue weighted by Crippen LogP contribution is -2.52. The Labute approximate surface area is 184 Å². The van der Waals surface area contributed by atoms with Gasteiger partial charge in [0.2, 0.25) is 0 Å². The maximum absolute atomic E-state index is 10.1. The summed E-state index contributed by atoms with van der Waals surface area (Å²) in [6.07, 6.45) is 0.715. The van der Waals surface area contributed by atoms with Crippen LogP contribution in [0.15, 0.2) is 41.4 Å². The van der Waals surface area contributed by atoms with Crippen molar-refractivity contribution in [1.82, 2.24) is 10.2 Å². The predicted molar refractivity (Wildman–Crippen MR) is 123 cm³/mol. The Morgan fingerprint density at radius 3 is 2.19 bits per heavy atom. The van der Waals surface area contributed by atoms with Crippen molar-refractivity contribution in [1.29, 1.82) is 0 Å². The van der Waals surface area contributed by atoms with E-state index < -0.39 is 0 Å². The number of nitrogens with zero attached hydrogens (tertiary/aromatic N) is 3. The molecule has 3 rings (SSSR count). The molecule has 0 aliphatic carbocycles. The summed E-state index contributed by atoms with van der Waals surface area (Å²) in [5.41, 5.74) is 1.86. The third-order valence-corrected chi connectivity index (χ3v) is 5.49. The van der Waals surface area contributed by atoms with E-state index in [0.29, 0.717) is 24.5 Å². The van der Waals surface area contributed by atoms with E-state index in [-0.39, 0.29) is 0 Å². The van der Waals surface area contributed by atoms with Gasteiger partial charge in [0.1, 0.15) is 23.0 Å². The van der Waals surface area contributed by atoms with Gasteiger partial charge >= 0.3 is 0 Å². The van der Waals surface area contributed by atoms with Crippen LogP contribution >= 0.6 is 0 Å². The van der Waals surface area contributed by atoms with E-state index in [9.17, 15) is 5.11 Å². The molecule has 1 heterocycles. The molecule has 2 aromatic rings. The molecule has 1 aliphatic rings. The second-order valence-corrected chi connectivity index (χ2v) is 7.20. The van der Waals surface area contributed by atoms with Gasteiger partial charge in [-0.05, 0) is 18.6 Å². The average molecular weight is 429 g/mol. The molecule has 1 fully saturated rings. The first-order valence-corrected chi connectivity index (χ1v) is 10.4. The molecule has 0 aromatic heterocycles. The molecule has 168 valence electrons. The van der Waals surface area contributed by atoms with Crippen molar-refractivity contribution in [2.45, 2.75) is 6.42 Å². The van der Waals surface area contributed by atoms with Crippen LogP contribution in [-0.2, 0) is 6.42 Å².